The number of carbonyl (C=O) groups is 1. The van der Waals surface area contributed by atoms with Crippen LogP contribution in [0.5, 0.6) is 0 Å². The van der Waals surface area contributed by atoms with Crippen LogP contribution in [-0.2, 0) is 4.79 Å². The van der Waals surface area contributed by atoms with E-state index in [4.69, 9.17) is 11.6 Å². The van der Waals surface area contributed by atoms with Gasteiger partial charge in [-0.25, -0.2) is 0 Å². The second-order valence-corrected chi connectivity index (χ2v) is 5.84. The standard InChI is InChI=1S/C13H17ClO3S/c1-8-3-4-11(14)10(7-8)13(17)12(16)5-6-18-9(2)15/h3-4,7,12-13,16-17H,5-6H2,1-2H3. The number of halogens is 1. The van der Waals surface area contributed by atoms with Gasteiger partial charge in [-0.1, -0.05) is 41.1 Å². The van der Waals surface area contributed by atoms with Gasteiger partial charge in [0.25, 0.3) is 0 Å². The zero-order valence-electron chi connectivity index (χ0n) is 10.4. The molecule has 0 aliphatic carbocycles. The molecule has 3 nitrogen and oxygen atoms in total. The first-order chi connectivity index (χ1) is 8.41. The number of aliphatic hydroxyl groups is 2. The normalized spacial score (nSPS) is 14.3. The number of rotatable bonds is 5. The van der Waals surface area contributed by atoms with Gasteiger partial charge >= 0.3 is 0 Å². The largest absolute Gasteiger partial charge is 0.390 e. The highest BCUT2D eigenvalue weighted by atomic mass is 35.5. The van der Waals surface area contributed by atoms with Crippen molar-refractivity contribution >= 4 is 28.5 Å². The molecule has 2 atom stereocenters. The number of carbonyl (C=O) groups excluding carboxylic acids is 1. The molecule has 0 saturated carbocycles. The molecule has 1 aromatic carbocycles. The van der Waals surface area contributed by atoms with Crippen molar-refractivity contribution in [2.75, 3.05) is 5.75 Å². The topological polar surface area (TPSA) is 57.5 Å². The Hall–Kier alpha value is -0.550. The van der Waals surface area contributed by atoms with Crippen molar-refractivity contribution in [1.82, 2.24) is 0 Å². The van der Waals surface area contributed by atoms with Gasteiger partial charge in [0.1, 0.15) is 6.10 Å². The minimum Gasteiger partial charge on any atom is -0.390 e. The summed E-state index contributed by atoms with van der Waals surface area (Å²) in [6, 6.07) is 5.30. The van der Waals surface area contributed by atoms with Crippen LogP contribution in [0.3, 0.4) is 0 Å². The molecule has 2 unspecified atom stereocenters. The molecule has 2 N–H and O–H groups in total. The Labute approximate surface area is 116 Å². The van der Waals surface area contributed by atoms with Gasteiger partial charge in [0.05, 0.1) is 6.10 Å². The van der Waals surface area contributed by atoms with Crippen LogP contribution in [0.1, 0.15) is 30.6 Å². The van der Waals surface area contributed by atoms with Crippen molar-refractivity contribution in [2.45, 2.75) is 32.5 Å². The Kier molecular flexibility index (Phi) is 6.15. The van der Waals surface area contributed by atoms with E-state index >= 15 is 0 Å². The second-order valence-electron chi connectivity index (χ2n) is 4.17. The number of hydrogen-bond acceptors (Lipinski definition) is 4. The van der Waals surface area contributed by atoms with Gasteiger partial charge in [0.15, 0.2) is 5.12 Å². The maximum Gasteiger partial charge on any atom is 0.185 e. The van der Waals surface area contributed by atoms with E-state index in [-0.39, 0.29) is 5.12 Å². The summed E-state index contributed by atoms with van der Waals surface area (Å²) in [5.74, 6) is 0.483. The lowest BCUT2D eigenvalue weighted by molar-refractivity contribution is -0.109. The van der Waals surface area contributed by atoms with Crippen molar-refractivity contribution in [3.05, 3.63) is 34.3 Å². The van der Waals surface area contributed by atoms with Crippen molar-refractivity contribution in [3.63, 3.8) is 0 Å². The maximum absolute atomic E-state index is 10.8. The monoisotopic (exact) mass is 288 g/mol. The SMILES string of the molecule is CC(=O)SCCC(O)C(O)c1cc(C)ccc1Cl. The van der Waals surface area contributed by atoms with Gasteiger partial charge < -0.3 is 10.2 Å². The minimum atomic E-state index is -1.02. The fourth-order valence-corrected chi connectivity index (χ4v) is 2.45. The third kappa shape index (κ3) is 4.61. The average Bonchev–Trinajstić information content (AvgIpc) is 2.30. The van der Waals surface area contributed by atoms with E-state index < -0.39 is 12.2 Å². The zero-order valence-corrected chi connectivity index (χ0v) is 12.0. The number of aliphatic hydroxyl groups excluding tert-OH is 2. The highest BCUT2D eigenvalue weighted by Gasteiger charge is 2.20. The number of aryl methyl sites for hydroxylation is 1. The smallest absolute Gasteiger partial charge is 0.185 e. The molecule has 0 aromatic heterocycles. The quantitative estimate of drug-likeness (QED) is 0.875. The van der Waals surface area contributed by atoms with E-state index in [1.165, 1.54) is 6.92 Å². The number of hydrogen-bond donors (Lipinski definition) is 2. The molecule has 0 aliphatic rings. The third-order valence-electron chi connectivity index (χ3n) is 2.55. The van der Waals surface area contributed by atoms with Crippen LogP contribution in [0.15, 0.2) is 18.2 Å². The summed E-state index contributed by atoms with van der Waals surface area (Å²) in [7, 11) is 0. The molecule has 0 amide bonds. The van der Waals surface area contributed by atoms with Crippen molar-refractivity contribution in [3.8, 4) is 0 Å². The molecule has 0 heterocycles. The van der Waals surface area contributed by atoms with Gasteiger partial charge in [0, 0.05) is 23.3 Å². The zero-order chi connectivity index (χ0) is 13.7. The van der Waals surface area contributed by atoms with Crippen LogP contribution < -0.4 is 0 Å². The Balaban J connectivity index is 2.64. The summed E-state index contributed by atoms with van der Waals surface area (Å²) in [4.78, 5) is 10.8. The summed E-state index contributed by atoms with van der Waals surface area (Å²) >= 11 is 7.13. The maximum atomic E-state index is 10.8. The van der Waals surface area contributed by atoms with E-state index in [2.05, 4.69) is 0 Å². The van der Waals surface area contributed by atoms with Crippen molar-refractivity contribution < 1.29 is 15.0 Å². The molecule has 0 bridgehead atoms. The van der Waals surface area contributed by atoms with Crippen LogP contribution in [0.25, 0.3) is 0 Å². The fraction of sp³-hybridized carbons (Fsp3) is 0.462. The first-order valence-electron chi connectivity index (χ1n) is 5.67. The summed E-state index contributed by atoms with van der Waals surface area (Å²) in [6.45, 7) is 3.37. The van der Waals surface area contributed by atoms with Gasteiger partial charge in [-0.3, -0.25) is 4.79 Å². The molecule has 0 spiro atoms. The Morgan fingerprint density at radius 1 is 1.44 bits per heavy atom. The molecule has 0 fully saturated rings. The first kappa shape index (κ1) is 15.5. The van der Waals surface area contributed by atoms with E-state index in [9.17, 15) is 15.0 Å². The highest BCUT2D eigenvalue weighted by molar-refractivity contribution is 8.13. The molecule has 18 heavy (non-hydrogen) atoms. The molecule has 5 heteroatoms. The molecule has 0 aliphatic heterocycles. The molecule has 0 radical (unpaired) electrons. The lowest BCUT2D eigenvalue weighted by Gasteiger charge is -2.19. The Bertz CT molecular complexity index is 423. The van der Waals surface area contributed by atoms with Crippen LogP contribution in [0.4, 0.5) is 0 Å². The molecule has 100 valence electrons. The van der Waals surface area contributed by atoms with Gasteiger partial charge in [-0.15, -0.1) is 0 Å². The molecular weight excluding hydrogens is 272 g/mol. The van der Waals surface area contributed by atoms with Gasteiger partial charge in [-0.2, -0.15) is 0 Å². The average molecular weight is 289 g/mol. The number of thioether (sulfide) groups is 1. The molecule has 0 saturated heterocycles. The predicted octanol–water partition coefficient (Wildman–Crippen LogP) is 2.71. The van der Waals surface area contributed by atoms with E-state index in [0.29, 0.717) is 22.8 Å². The first-order valence-corrected chi connectivity index (χ1v) is 7.03. The van der Waals surface area contributed by atoms with Crippen LogP contribution >= 0.6 is 23.4 Å². The molecular formula is C13H17ClO3S. The Morgan fingerprint density at radius 3 is 2.72 bits per heavy atom. The van der Waals surface area contributed by atoms with E-state index in [1.807, 2.05) is 13.0 Å². The molecule has 1 rings (SSSR count). The van der Waals surface area contributed by atoms with Gasteiger partial charge in [-0.05, 0) is 19.4 Å². The van der Waals surface area contributed by atoms with Crippen LogP contribution in [0, 0.1) is 6.92 Å². The summed E-state index contributed by atoms with van der Waals surface area (Å²) < 4.78 is 0. The van der Waals surface area contributed by atoms with Crippen molar-refractivity contribution in [2.24, 2.45) is 0 Å². The third-order valence-corrected chi connectivity index (χ3v) is 3.74. The molecule has 1 aromatic rings. The second kappa shape index (κ2) is 7.14. The number of benzene rings is 1. The lowest BCUT2D eigenvalue weighted by Crippen LogP contribution is -2.19. The minimum absolute atomic E-state index is 0.00489. The van der Waals surface area contributed by atoms with E-state index in [0.717, 1.165) is 17.3 Å². The van der Waals surface area contributed by atoms with Crippen LogP contribution in [-0.4, -0.2) is 27.2 Å². The summed E-state index contributed by atoms with van der Waals surface area (Å²) in [6.07, 6.45) is -1.60. The predicted molar refractivity (Wildman–Crippen MR) is 74.9 cm³/mol. The van der Waals surface area contributed by atoms with Crippen LogP contribution in [0.2, 0.25) is 5.02 Å². The fourth-order valence-electron chi connectivity index (χ4n) is 1.58. The highest BCUT2D eigenvalue weighted by Crippen LogP contribution is 2.28. The van der Waals surface area contributed by atoms with Crippen molar-refractivity contribution in [1.29, 1.82) is 0 Å². The Morgan fingerprint density at radius 2 is 2.11 bits per heavy atom. The summed E-state index contributed by atoms with van der Waals surface area (Å²) in [5.41, 5.74) is 1.50. The van der Waals surface area contributed by atoms with E-state index in [1.54, 1.807) is 12.1 Å². The lowest BCUT2D eigenvalue weighted by atomic mass is 10.0. The van der Waals surface area contributed by atoms with Gasteiger partial charge in [0.2, 0.25) is 0 Å². The summed E-state index contributed by atoms with van der Waals surface area (Å²) in [5, 5.41) is 20.3.